The van der Waals surface area contributed by atoms with Crippen molar-refractivity contribution in [3.63, 3.8) is 0 Å². The van der Waals surface area contributed by atoms with Crippen molar-refractivity contribution in [3.8, 4) is 11.5 Å². The van der Waals surface area contributed by atoms with Crippen LogP contribution in [0, 0.1) is 0 Å². The van der Waals surface area contributed by atoms with Gasteiger partial charge >= 0.3 is 0 Å². The van der Waals surface area contributed by atoms with Crippen LogP contribution in [-0.4, -0.2) is 64.2 Å². The molecule has 1 atom stereocenters. The third-order valence-corrected chi connectivity index (χ3v) is 8.62. The third-order valence-electron chi connectivity index (χ3n) is 7.48. The maximum atomic E-state index is 14.2. The van der Waals surface area contributed by atoms with E-state index < -0.39 is 28.5 Å². The maximum absolute atomic E-state index is 14.2. The van der Waals surface area contributed by atoms with Crippen LogP contribution < -0.4 is 19.1 Å². The number of amides is 2. The Morgan fingerprint density at radius 3 is 2.14 bits per heavy atom. The fraction of sp³-hybridized carbons (Fsp3) is 0.375. The molecule has 0 heterocycles. The minimum Gasteiger partial charge on any atom is -0.497 e. The molecule has 10 heteroatoms. The molecule has 0 radical (unpaired) electrons. The van der Waals surface area contributed by atoms with Gasteiger partial charge in [-0.3, -0.25) is 13.9 Å². The first-order valence-corrected chi connectivity index (χ1v) is 15.9. The molecule has 42 heavy (non-hydrogen) atoms. The lowest BCUT2D eigenvalue weighted by atomic mass is 10.0. The summed E-state index contributed by atoms with van der Waals surface area (Å²) in [6, 6.07) is 22.5. The van der Waals surface area contributed by atoms with Gasteiger partial charge in [0.05, 0.1) is 26.2 Å². The highest BCUT2D eigenvalue weighted by Crippen LogP contribution is 2.25. The van der Waals surface area contributed by atoms with Gasteiger partial charge in [-0.2, -0.15) is 0 Å². The van der Waals surface area contributed by atoms with E-state index in [1.54, 1.807) is 37.4 Å². The van der Waals surface area contributed by atoms with Crippen LogP contribution in [0.15, 0.2) is 78.9 Å². The molecule has 4 rings (SSSR count). The molecule has 9 nitrogen and oxygen atoms in total. The Balaban J connectivity index is 1.74. The van der Waals surface area contributed by atoms with Crippen LogP contribution >= 0.6 is 0 Å². The number of anilines is 1. The van der Waals surface area contributed by atoms with Crippen LogP contribution in [-0.2, 0) is 32.6 Å². The Bertz CT molecular complexity index is 1460. The summed E-state index contributed by atoms with van der Waals surface area (Å²) in [6.07, 6.45) is 5.21. The van der Waals surface area contributed by atoms with Crippen molar-refractivity contribution in [2.24, 2.45) is 0 Å². The summed E-state index contributed by atoms with van der Waals surface area (Å²) in [4.78, 5) is 29.6. The molecule has 1 aliphatic rings. The molecule has 0 spiro atoms. The van der Waals surface area contributed by atoms with Gasteiger partial charge in [0, 0.05) is 25.1 Å². The van der Waals surface area contributed by atoms with E-state index >= 15 is 0 Å². The number of hydrogen-bond acceptors (Lipinski definition) is 6. The van der Waals surface area contributed by atoms with Crippen LogP contribution in [0.1, 0.15) is 36.8 Å². The zero-order valence-corrected chi connectivity index (χ0v) is 25.2. The fourth-order valence-corrected chi connectivity index (χ4v) is 6.11. The first-order chi connectivity index (χ1) is 20.2. The molecule has 1 saturated carbocycles. The molecule has 224 valence electrons. The SMILES string of the molecule is COc1cccc(CN(C(=O)CN(c2cccc(OC)c2)S(C)(=O)=O)[C@H](Cc2ccccc2)C(=O)NC2CCCC2)c1. The standard InChI is InChI=1S/C32H39N3O6S/c1-40-28-17-9-13-25(19-28)22-34(31(36)23-35(42(3,38)39)27-16-10-18-29(21-27)41-2)30(20-24-11-5-4-6-12-24)32(37)33-26-14-7-8-15-26/h4-6,9-13,16-19,21,26,30H,7-8,14-15,20,22-23H2,1-3H3,(H,33,37)/t30-/m1/s1. The summed E-state index contributed by atoms with van der Waals surface area (Å²) in [6.45, 7) is -0.403. The van der Waals surface area contributed by atoms with Gasteiger partial charge < -0.3 is 19.7 Å². The lowest BCUT2D eigenvalue weighted by molar-refractivity contribution is -0.140. The van der Waals surface area contributed by atoms with Crippen molar-refractivity contribution < 1.29 is 27.5 Å². The summed E-state index contributed by atoms with van der Waals surface area (Å²) in [5, 5.41) is 3.17. The molecular weight excluding hydrogens is 554 g/mol. The summed E-state index contributed by atoms with van der Waals surface area (Å²) in [5.41, 5.74) is 1.93. The minimum atomic E-state index is -3.87. The molecule has 0 unspecified atom stereocenters. The van der Waals surface area contributed by atoms with Crippen molar-refractivity contribution in [3.05, 3.63) is 90.0 Å². The van der Waals surface area contributed by atoms with E-state index in [1.807, 2.05) is 48.5 Å². The molecule has 0 aromatic heterocycles. The molecule has 0 bridgehead atoms. The summed E-state index contributed by atoms with van der Waals surface area (Å²) in [5.74, 6) is 0.312. The van der Waals surface area contributed by atoms with Gasteiger partial charge in [-0.25, -0.2) is 8.42 Å². The second-order valence-electron chi connectivity index (χ2n) is 10.5. The molecule has 2 amide bonds. The van der Waals surface area contributed by atoms with Gasteiger partial charge in [0.25, 0.3) is 0 Å². The van der Waals surface area contributed by atoms with Crippen molar-refractivity contribution in [1.29, 1.82) is 0 Å². The van der Waals surface area contributed by atoms with E-state index in [-0.39, 0.29) is 24.9 Å². The van der Waals surface area contributed by atoms with E-state index in [0.717, 1.165) is 47.4 Å². The van der Waals surface area contributed by atoms with Crippen molar-refractivity contribution in [2.45, 2.75) is 50.7 Å². The second kappa shape index (κ2) is 14.2. The highest BCUT2D eigenvalue weighted by molar-refractivity contribution is 7.92. The number of carbonyl (C=O) groups excluding carboxylic acids is 2. The Morgan fingerprint density at radius 1 is 0.881 bits per heavy atom. The molecule has 0 saturated heterocycles. The average molecular weight is 594 g/mol. The Hall–Kier alpha value is -4.05. The molecule has 1 aliphatic carbocycles. The van der Waals surface area contributed by atoms with Gasteiger partial charge in [-0.05, 0) is 48.2 Å². The van der Waals surface area contributed by atoms with E-state index in [2.05, 4.69) is 5.32 Å². The zero-order valence-electron chi connectivity index (χ0n) is 24.4. The van der Waals surface area contributed by atoms with Crippen molar-refractivity contribution in [2.75, 3.05) is 31.3 Å². The molecule has 0 aliphatic heterocycles. The smallest absolute Gasteiger partial charge is 0.244 e. The number of carbonyl (C=O) groups is 2. The second-order valence-corrected chi connectivity index (χ2v) is 12.4. The van der Waals surface area contributed by atoms with Crippen LogP contribution in [0.4, 0.5) is 5.69 Å². The molecular formula is C32H39N3O6S. The quantitative estimate of drug-likeness (QED) is 0.319. The summed E-state index contributed by atoms with van der Waals surface area (Å²) >= 11 is 0. The fourth-order valence-electron chi connectivity index (χ4n) is 5.27. The average Bonchev–Trinajstić information content (AvgIpc) is 3.50. The Labute approximate surface area is 248 Å². The lowest BCUT2D eigenvalue weighted by Gasteiger charge is -2.34. The van der Waals surface area contributed by atoms with Crippen molar-refractivity contribution >= 4 is 27.5 Å². The van der Waals surface area contributed by atoms with Crippen LogP contribution in [0.25, 0.3) is 0 Å². The van der Waals surface area contributed by atoms with Crippen LogP contribution in [0.2, 0.25) is 0 Å². The number of hydrogen-bond donors (Lipinski definition) is 1. The lowest BCUT2D eigenvalue weighted by Crippen LogP contribution is -2.54. The zero-order chi connectivity index (χ0) is 30.1. The maximum Gasteiger partial charge on any atom is 0.244 e. The highest BCUT2D eigenvalue weighted by atomic mass is 32.2. The Morgan fingerprint density at radius 2 is 1.50 bits per heavy atom. The monoisotopic (exact) mass is 593 g/mol. The van der Waals surface area contributed by atoms with Crippen LogP contribution in [0.5, 0.6) is 11.5 Å². The third kappa shape index (κ3) is 8.25. The topological polar surface area (TPSA) is 105 Å². The molecule has 3 aromatic rings. The number of rotatable bonds is 13. The first kappa shape index (κ1) is 30.9. The number of nitrogens with one attached hydrogen (secondary N) is 1. The Kier molecular flexibility index (Phi) is 10.5. The summed E-state index contributed by atoms with van der Waals surface area (Å²) < 4.78 is 37.7. The van der Waals surface area contributed by atoms with Gasteiger partial charge in [-0.15, -0.1) is 0 Å². The van der Waals surface area contributed by atoms with Gasteiger partial charge in [0.1, 0.15) is 24.1 Å². The van der Waals surface area contributed by atoms with Gasteiger partial charge in [-0.1, -0.05) is 61.4 Å². The number of methoxy groups -OCH3 is 2. The number of ether oxygens (including phenoxy) is 2. The van der Waals surface area contributed by atoms with E-state index in [0.29, 0.717) is 17.2 Å². The van der Waals surface area contributed by atoms with E-state index in [4.69, 9.17) is 9.47 Å². The molecule has 1 N–H and O–H groups in total. The van der Waals surface area contributed by atoms with E-state index in [1.165, 1.54) is 12.0 Å². The number of benzene rings is 3. The largest absolute Gasteiger partial charge is 0.497 e. The van der Waals surface area contributed by atoms with Crippen molar-refractivity contribution in [1.82, 2.24) is 10.2 Å². The first-order valence-electron chi connectivity index (χ1n) is 14.1. The normalized spacial score (nSPS) is 14.2. The number of nitrogens with zero attached hydrogens (tertiary/aromatic N) is 2. The van der Waals surface area contributed by atoms with Gasteiger partial charge in [0.2, 0.25) is 21.8 Å². The highest BCUT2D eigenvalue weighted by Gasteiger charge is 2.34. The molecule has 1 fully saturated rings. The number of sulfonamides is 1. The summed E-state index contributed by atoms with van der Waals surface area (Å²) in [7, 11) is -0.818. The predicted molar refractivity (Wildman–Crippen MR) is 163 cm³/mol. The minimum absolute atomic E-state index is 0.0499. The van der Waals surface area contributed by atoms with Crippen LogP contribution in [0.3, 0.4) is 0 Å². The van der Waals surface area contributed by atoms with Gasteiger partial charge in [0.15, 0.2) is 0 Å². The predicted octanol–water partition coefficient (Wildman–Crippen LogP) is 4.17. The molecule has 3 aromatic carbocycles. The van der Waals surface area contributed by atoms with E-state index in [9.17, 15) is 18.0 Å².